The minimum atomic E-state index is 0.386. The quantitative estimate of drug-likeness (QED) is 0.850. The van der Waals surface area contributed by atoms with Crippen molar-refractivity contribution in [3.63, 3.8) is 0 Å². The van der Waals surface area contributed by atoms with Crippen molar-refractivity contribution in [2.45, 2.75) is 6.54 Å². The largest absolute Gasteiger partial charge is 0.363 e. The molecule has 15 heavy (non-hydrogen) atoms. The van der Waals surface area contributed by atoms with Gasteiger partial charge in [-0.2, -0.15) is 0 Å². The van der Waals surface area contributed by atoms with Crippen LogP contribution in [0.15, 0.2) is 23.3 Å². The topological polar surface area (TPSA) is 66.5 Å². The van der Waals surface area contributed by atoms with Crippen molar-refractivity contribution >= 4 is 33.3 Å². The summed E-state index contributed by atoms with van der Waals surface area (Å²) in [6.07, 6.45) is 4.77. The van der Waals surface area contributed by atoms with Crippen molar-refractivity contribution in [1.82, 2.24) is 19.9 Å². The van der Waals surface area contributed by atoms with Gasteiger partial charge in [0.2, 0.25) is 0 Å². The van der Waals surface area contributed by atoms with Crippen molar-refractivity contribution in [1.29, 1.82) is 0 Å². The predicted octanol–water partition coefficient (Wildman–Crippen LogP) is 2.23. The number of anilines is 1. The van der Waals surface area contributed by atoms with Crippen molar-refractivity contribution in [3.8, 4) is 0 Å². The van der Waals surface area contributed by atoms with Gasteiger partial charge in [0.25, 0.3) is 0 Å². The van der Waals surface area contributed by atoms with E-state index in [0.717, 1.165) is 5.69 Å². The summed E-state index contributed by atoms with van der Waals surface area (Å²) in [4.78, 5) is 14.8. The Morgan fingerprint density at radius 2 is 2.33 bits per heavy atom. The molecule has 0 aliphatic heterocycles. The third-order valence-electron chi connectivity index (χ3n) is 1.75. The number of halogens is 2. The van der Waals surface area contributed by atoms with Crippen molar-refractivity contribution in [2.75, 3.05) is 5.32 Å². The molecule has 0 atom stereocenters. The Morgan fingerprint density at radius 3 is 3.07 bits per heavy atom. The number of nitrogens with one attached hydrogen (secondary N) is 2. The fraction of sp³-hybridized carbons (Fsp3) is 0.125. The lowest BCUT2D eigenvalue weighted by Gasteiger charge is -2.05. The van der Waals surface area contributed by atoms with Crippen LogP contribution in [0.5, 0.6) is 0 Å². The van der Waals surface area contributed by atoms with Gasteiger partial charge in [-0.25, -0.2) is 15.0 Å². The molecule has 2 aromatic rings. The smallest absolute Gasteiger partial charge is 0.148 e. The van der Waals surface area contributed by atoms with Crippen molar-refractivity contribution in [3.05, 3.63) is 34.2 Å². The minimum Gasteiger partial charge on any atom is -0.363 e. The third kappa shape index (κ3) is 2.45. The minimum absolute atomic E-state index is 0.386. The fourth-order valence-electron chi connectivity index (χ4n) is 1.03. The van der Waals surface area contributed by atoms with E-state index in [2.05, 4.69) is 41.2 Å². The number of imidazole rings is 1. The van der Waals surface area contributed by atoms with Crippen LogP contribution in [0.3, 0.4) is 0 Å². The van der Waals surface area contributed by atoms with E-state index in [9.17, 15) is 0 Å². The SMILES string of the molecule is Clc1ncnc(NCc2cnc[nH]2)c1Br. The molecular weight excluding hydrogens is 281 g/mol. The van der Waals surface area contributed by atoms with E-state index in [-0.39, 0.29) is 0 Å². The summed E-state index contributed by atoms with van der Waals surface area (Å²) in [6.45, 7) is 0.603. The van der Waals surface area contributed by atoms with Crippen LogP contribution in [0.1, 0.15) is 5.69 Å². The normalized spacial score (nSPS) is 10.3. The highest BCUT2D eigenvalue weighted by Crippen LogP contribution is 2.26. The molecule has 5 nitrogen and oxygen atoms in total. The van der Waals surface area contributed by atoms with Crippen LogP contribution in [-0.2, 0) is 6.54 Å². The molecule has 2 N–H and O–H groups in total. The summed E-state index contributed by atoms with van der Waals surface area (Å²) in [7, 11) is 0. The number of H-pyrrole nitrogens is 1. The van der Waals surface area contributed by atoms with Crippen molar-refractivity contribution in [2.24, 2.45) is 0 Å². The van der Waals surface area contributed by atoms with Crippen LogP contribution in [0.2, 0.25) is 5.15 Å². The summed E-state index contributed by atoms with van der Waals surface area (Å²) in [5.41, 5.74) is 0.969. The zero-order chi connectivity index (χ0) is 10.7. The second-order valence-electron chi connectivity index (χ2n) is 2.76. The maximum atomic E-state index is 5.82. The number of nitrogens with zero attached hydrogens (tertiary/aromatic N) is 3. The van der Waals surface area contributed by atoms with Crippen molar-refractivity contribution < 1.29 is 0 Å². The monoisotopic (exact) mass is 287 g/mol. The van der Waals surface area contributed by atoms with Gasteiger partial charge in [0.05, 0.1) is 23.0 Å². The summed E-state index contributed by atoms with van der Waals surface area (Å²) in [5, 5.41) is 3.49. The lowest BCUT2D eigenvalue weighted by Crippen LogP contribution is -2.03. The van der Waals surface area contributed by atoms with E-state index in [4.69, 9.17) is 11.6 Å². The molecule has 0 fully saturated rings. The molecule has 0 saturated heterocycles. The van der Waals surface area contributed by atoms with Crippen LogP contribution in [0.4, 0.5) is 5.82 Å². The maximum Gasteiger partial charge on any atom is 0.148 e. The third-order valence-corrected chi connectivity index (χ3v) is 3.01. The molecule has 78 valence electrons. The zero-order valence-corrected chi connectivity index (χ0v) is 9.88. The molecular formula is C8H7BrClN5. The van der Waals surface area contributed by atoms with E-state index in [0.29, 0.717) is 22.0 Å². The second-order valence-corrected chi connectivity index (χ2v) is 3.91. The second kappa shape index (κ2) is 4.59. The van der Waals surface area contributed by atoms with E-state index >= 15 is 0 Å². The Hall–Kier alpha value is -1.14. The molecule has 0 unspecified atom stereocenters. The number of aromatic amines is 1. The van der Waals surface area contributed by atoms with Gasteiger partial charge < -0.3 is 10.3 Å². The van der Waals surface area contributed by atoms with Gasteiger partial charge in [0.1, 0.15) is 17.3 Å². The van der Waals surface area contributed by atoms with Gasteiger partial charge in [-0.05, 0) is 15.9 Å². The molecule has 0 spiro atoms. The van der Waals surface area contributed by atoms with Crippen LogP contribution < -0.4 is 5.32 Å². The molecule has 2 aromatic heterocycles. The molecule has 0 aliphatic rings. The first kappa shape index (κ1) is 10.4. The van der Waals surface area contributed by atoms with Gasteiger partial charge in [0, 0.05) is 6.20 Å². The van der Waals surface area contributed by atoms with Gasteiger partial charge in [-0.1, -0.05) is 11.6 Å². The van der Waals surface area contributed by atoms with E-state index in [1.807, 2.05) is 0 Å². The summed E-state index contributed by atoms with van der Waals surface area (Å²) < 4.78 is 0.659. The van der Waals surface area contributed by atoms with E-state index < -0.39 is 0 Å². The van der Waals surface area contributed by atoms with Crippen LogP contribution >= 0.6 is 27.5 Å². The van der Waals surface area contributed by atoms with Gasteiger partial charge in [0.15, 0.2) is 0 Å². The molecule has 2 rings (SSSR count). The highest BCUT2D eigenvalue weighted by Gasteiger charge is 2.05. The van der Waals surface area contributed by atoms with E-state index in [1.165, 1.54) is 6.33 Å². The van der Waals surface area contributed by atoms with E-state index in [1.54, 1.807) is 12.5 Å². The number of hydrogen-bond donors (Lipinski definition) is 2. The molecule has 2 heterocycles. The Kier molecular flexibility index (Phi) is 3.17. The Labute approximate surface area is 99.4 Å². The van der Waals surface area contributed by atoms with Gasteiger partial charge in [-0.15, -0.1) is 0 Å². The molecule has 0 amide bonds. The molecule has 0 saturated carbocycles. The first-order valence-electron chi connectivity index (χ1n) is 4.14. The summed E-state index contributed by atoms with van der Waals surface area (Å²) >= 11 is 9.12. The molecule has 0 bridgehead atoms. The van der Waals surface area contributed by atoms with Gasteiger partial charge in [-0.3, -0.25) is 0 Å². The highest BCUT2D eigenvalue weighted by molar-refractivity contribution is 9.10. The van der Waals surface area contributed by atoms with Crippen LogP contribution in [0, 0.1) is 0 Å². The van der Waals surface area contributed by atoms with Crippen LogP contribution in [-0.4, -0.2) is 19.9 Å². The molecule has 0 aromatic carbocycles. The average Bonchev–Trinajstić information content (AvgIpc) is 2.73. The summed E-state index contributed by atoms with van der Waals surface area (Å²) in [5.74, 6) is 0.657. The predicted molar refractivity (Wildman–Crippen MR) is 60.7 cm³/mol. The van der Waals surface area contributed by atoms with Crippen LogP contribution in [0.25, 0.3) is 0 Å². The first-order valence-corrected chi connectivity index (χ1v) is 5.31. The maximum absolute atomic E-state index is 5.82. The standard InChI is InChI=1S/C8H7BrClN5/c9-6-7(10)14-4-15-8(6)12-2-5-1-11-3-13-5/h1,3-4H,2H2,(H,11,13)(H,12,14,15). The number of rotatable bonds is 3. The fourth-order valence-corrected chi connectivity index (χ4v) is 1.51. The first-order chi connectivity index (χ1) is 7.27. The summed E-state index contributed by atoms with van der Waals surface area (Å²) in [6, 6.07) is 0. The average molecular weight is 289 g/mol. The highest BCUT2D eigenvalue weighted by atomic mass is 79.9. The van der Waals surface area contributed by atoms with Gasteiger partial charge >= 0.3 is 0 Å². The zero-order valence-electron chi connectivity index (χ0n) is 7.54. The molecule has 7 heteroatoms. The molecule has 0 aliphatic carbocycles. The number of aromatic nitrogens is 4. The Bertz CT molecular complexity index is 444. The lowest BCUT2D eigenvalue weighted by atomic mass is 10.4. The molecule has 0 radical (unpaired) electrons. The Morgan fingerprint density at radius 1 is 1.47 bits per heavy atom. The number of hydrogen-bond acceptors (Lipinski definition) is 4. The Balaban J connectivity index is 2.08. The lowest BCUT2D eigenvalue weighted by molar-refractivity contribution is 1.03.